The number of carbonyl (C=O) groups is 1. The predicted octanol–water partition coefficient (Wildman–Crippen LogP) is 0.394. The minimum absolute atomic E-state index is 0.192. The number of aliphatic hydroxyl groups is 1. The first-order valence-electron chi connectivity index (χ1n) is 3.52. The summed E-state index contributed by atoms with van der Waals surface area (Å²) in [6.45, 7) is 2.38. The summed E-state index contributed by atoms with van der Waals surface area (Å²) in [6, 6.07) is 0. The monoisotopic (exact) mass is 193 g/mol. The van der Waals surface area contributed by atoms with Gasteiger partial charge in [-0.3, -0.25) is 4.79 Å². The van der Waals surface area contributed by atoms with Gasteiger partial charge in [0.2, 0.25) is 5.91 Å². The first-order valence-corrected chi connectivity index (χ1v) is 4.70. The molecule has 1 unspecified atom stereocenters. The zero-order valence-electron chi connectivity index (χ0n) is 7.03. The minimum atomic E-state index is -2.82. The molecule has 6 heteroatoms. The van der Waals surface area contributed by atoms with E-state index in [-0.39, 0.29) is 6.42 Å². The lowest BCUT2D eigenvalue weighted by Gasteiger charge is -2.16. The van der Waals surface area contributed by atoms with Gasteiger partial charge < -0.3 is 10.4 Å². The topological polar surface area (TPSA) is 83.5 Å². The molecule has 0 rings (SSSR count). The maximum Gasteiger partial charge on any atom is 0.331 e. The van der Waals surface area contributed by atoms with Gasteiger partial charge in [-0.2, -0.15) is 0 Å². The normalized spacial score (nSPS) is 14.9. The fourth-order valence-corrected chi connectivity index (χ4v) is 1.14. The zero-order chi connectivity index (χ0) is 9.78. The van der Waals surface area contributed by atoms with Crippen LogP contribution in [0.3, 0.4) is 0 Å². The summed E-state index contributed by atoms with van der Waals surface area (Å²) < 4.78 is 21.3. The molecule has 1 atom stereocenters. The molecule has 0 aromatic carbocycles. The van der Waals surface area contributed by atoms with Crippen molar-refractivity contribution < 1.29 is 19.0 Å². The molecule has 0 aliphatic rings. The van der Waals surface area contributed by atoms with Gasteiger partial charge >= 0.3 is 7.68 Å². The summed E-state index contributed by atoms with van der Waals surface area (Å²) in [5.74, 6) is -0.663. The maximum absolute atomic E-state index is 11.1. The van der Waals surface area contributed by atoms with Crippen LogP contribution in [0.25, 0.3) is 0 Å². The molecule has 0 radical (unpaired) electrons. The highest BCUT2D eigenvalue weighted by Crippen LogP contribution is 2.31. The summed E-state index contributed by atoms with van der Waals surface area (Å²) in [5, 5.41) is 8.99. The third-order valence-electron chi connectivity index (χ3n) is 1.82. The molecule has 0 saturated heterocycles. The highest BCUT2D eigenvalue weighted by molar-refractivity contribution is 7.34. The fourth-order valence-electron chi connectivity index (χ4n) is 0.635. The van der Waals surface area contributed by atoms with Crippen LogP contribution in [0.5, 0.6) is 0 Å². The molecular formula is C6H12NO4P. The van der Waals surface area contributed by atoms with Crippen molar-refractivity contribution >= 4 is 13.6 Å². The lowest BCUT2D eigenvalue weighted by atomic mass is 10.1. The molecule has 2 N–H and O–H groups in total. The Labute approximate surface area is 71.0 Å². The van der Waals surface area contributed by atoms with E-state index in [1.165, 1.54) is 6.92 Å². The lowest BCUT2D eigenvalue weighted by molar-refractivity contribution is -0.124. The van der Waals surface area contributed by atoms with E-state index < -0.39 is 25.5 Å². The van der Waals surface area contributed by atoms with Crippen LogP contribution >= 0.6 is 7.68 Å². The van der Waals surface area contributed by atoms with E-state index >= 15 is 0 Å². The summed E-state index contributed by atoms with van der Waals surface area (Å²) in [7, 11) is -2.82. The van der Waals surface area contributed by atoms with Crippen molar-refractivity contribution in [3.05, 3.63) is 0 Å². The van der Waals surface area contributed by atoms with Crippen LogP contribution in [0.1, 0.15) is 20.3 Å². The van der Waals surface area contributed by atoms with Crippen molar-refractivity contribution in [3.8, 4) is 0 Å². The molecule has 0 aromatic rings. The Bertz CT molecular complexity index is 230. The van der Waals surface area contributed by atoms with Crippen LogP contribution in [0.15, 0.2) is 0 Å². The minimum Gasteiger partial charge on any atom is -0.377 e. The summed E-state index contributed by atoms with van der Waals surface area (Å²) in [5.41, 5.74) is 0. The first kappa shape index (κ1) is 11.3. The van der Waals surface area contributed by atoms with Gasteiger partial charge in [0, 0.05) is 0 Å². The Balaban J connectivity index is 4.63. The average molecular weight is 193 g/mol. The number of carbonyl (C=O) groups excluding carboxylic acids is 1. The number of nitrogens with one attached hydrogen (secondary N) is 1. The second kappa shape index (κ2) is 4.38. The molecule has 0 aliphatic carbocycles. The number of hydrogen-bond acceptors (Lipinski definition) is 4. The van der Waals surface area contributed by atoms with E-state index in [1.54, 1.807) is 6.92 Å². The van der Waals surface area contributed by atoms with Crippen LogP contribution in [0.2, 0.25) is 0 Å². The van der Waals surface area contributed by atoms with Crippen LogP contribution in [0.4, 0.5) is 0 Å². The number of hydrogen-bond donors (Lipinski definition) is 2. The molecule has 0 spiro atoms. The number of aliphatic hydroxyl groups excluding tert-OH is 1. The van der Waals surface area contributed by atoms with E-state index in [9.17, 15) is 13.9 Å². The predicted molar refractivity (Wildman–Crippen MR) is 42.2 cm³/mol. The van der Waals surface area contributed by atoms with Crippen molar-refractivity contribution in [1.82, 2.24) is 5.32 Å². The third kappa shape index (κ3) is 2.16. The van der Waals surface area contributed by atoms with Crippen LogP contribution in [-0.2, 0) is 13.9 Å². The molecule has 12 heavy (non-hydrogen) atoms. The Morgan fingerprint density at radius 2 is 2.08 bits per heavy atom. The molecule has 0 aromatic heterocycles. The first-order chi connectivity index (χ1) is 5.49. The van der Waals surface area contributed by atoms with Crippen LogP contribution in [0, 0.1) is 0 Å². The van der Waals surface area contributed by atoms with Crippen molar-refractivity contribution in [2.24, 2.45) is 0 Å². The largest absolute Gasteiger partial charge is 0.377 e. The maximum atomic E-state index is 11.1. The lowest BCUT2D eigenvalue weighted by Crippen LogP contribution is -2.40. The van der Waals surface area contributed by atoms with Crippen molar-refractivity contribution in [1.29, 1.82) is 0 Å². The van der Waals surface area contributed by atoms with Gasteiger partial charge in [-0.15, -0.1) is 0 Å². The van der Waals surface area contributed by atoms with E-state index in [4.69, 9.17) is 5.11 Å². The standard InChI is InChI=1S/C6H12NO4P/c1-3-6(2,12(10)11)5(9)7-4-8/h8H,3-4H2,1-2H3,(H,7,9). The highest BCUT2D eigenvalue weighted by Gasteiger charge is 2.37. The Kier molecular flexibility index (Phi) is 4.13. The second-order valence-electron chi connectivity index (χ2n) is 2.55. The van der Waals surface area contributed by atoms with Gasteiger partial charge in [-0.25, -0.2) is 9.13 Å². The van der Waals surface area contributed by atoms with Gasteiger partial charge in [0.15, 0.2) is 5.16 Å². The van der Waals surface area contributed by atoms with E-state index in [1.807, 2.05) is 0 Å². The van der Waals surface area contributed by atoms with Gasteiger partial charge in [-0.1, -0.05) is 6.92 Å². The highest BCUT2D eigenvalue weighted by atomic mass is 31.1. The smallest absolute Gasteiger partial charge is 0.331 e. The van der Waals surface area contributed by atoms with E-state index in [0.29, 0.717) is 0 Å². The van der Waals surface area contributed by atoms with E-state index in [2.05, 4.69) is 5.32 Å². The summed E-state index contributed by atoms with van der Waals surface area (Å²) in [4.78, 5) is 11.1. The zero-order valence-corrected chi connectivity index (χ0v) is 7.93. The summed E-state index contributed by atoms with van der Waals surface area (Å²) in [6.07, 6.45) is 0.192. The molecule has 0 heterocycles. The van der Waals surface area contributed by atoms with Crippen molar-refractivity contribution in [2.75, 3.05) is 6.73 Å². The van der Waals surface area contributed by atoms with Gasteiger partial charge in [-0.05, 0) is 13.3 Å². The van der Waals surface area contributed by atoms with Crippen LogP contribution < -0.4 is 5.32 Å². The molecular weight excluding hydrogens is 181 g/mol. The molecule has 0 aliphatic heterocycles. The summed E-state index contributed by atoms with van der Waals surface area (Å²) >= 11 is 0. The molecule has 0 bridgehead atoms. The average Bonchev–Trinajstić information content (AvgIpc) is 2.03. The molecule has 0 saturated carbocycles. The molecule has 1 amide bonds. The van der Waals surface area contributed by atoms with Crippen LogP contribution in [-0.4, -0.2) is 22.9 Å². The van der Waals surface area contributed by atoms with Gasteiger partial charge in [0.1, 0.15) is 6.73 Å². The van der Waals surface area contributed by atoms with Crippen molar-refractivity contribution in [2.45, 2.75) is 25.4 Å². The molecule has 5 nitrogen and oxygen atoms in total. The quantitative estimate of drug-likeness (QED) is 0.499. The Morgan fingerprint density at radius 3 is 2.33 bits per heavy atom. The van der Waals surface area contributed by atoms with Gasteiger partial charge in [0.05, 0.1) is 0 Å². The fraction of sp³-hybridized carbons (Fsp3) is 0.833. The Hall–Kier alpha value is -0.670. The Morgan fingerprint density at radius 1 is 1.58 bits per heavy atom. The SMILES string of the molecule is CCC(C)(C(=O)NCO)P(=O)=O. The van der Waals surface area contributed by atoms with Crippen molar-refractivity contribution in [3.63, 3.8) is 0 Å². The second-order valence-corrected chi connectivity index (χ2v) is 4.05. The van der Waals surface area contributed by atoms with E-state index in [0.717, 1.165) is 0 Å². The number of amides is 1. The third-order valence-corrected chi connectivity index (χ3v) is 3.15. The molecule has 0 fully saturated rings. The van der Waals surface area contributed by atoms with Gasteiger partial charge in [0.25, 0.3) is 0 Å². The molecule has 70 valence electrons. The number of rotatable bonds is 4.